The predicted molar refractivity (Wildman–Crippen MR) is 86.7 cm³/mol. The van der Waals surface area contributed by atoms with Gasteiger partial charge in [-0.1, -0.05) is 6.08 Å². The molecule has 0 aliphatic heterocycles. The Hall–Kier alpha value is -2.89. The molecule has 6 heteroatoms. The number of nitrogen functional groups attached to an aromatic ring is 1. The number of nitrogens with two attached hydrogens (primary N) is 2. The first-order valence-corrected chi connectivity index (χ1v) is 7.04. The zero-order chi connectivity index (χ0) is 15.7. The number of pyridine rings is 2. The number of hydrogen-bond acceptors (Lipinski definition) is 5. The van der Waals surface area contributed by atoms with Crippen LogP contribution in [0.25, 0.3) is 5.57 Å². The van der Waals surface area contributed by atoms with Crippen LogP contribution in [0.5, 0.6) is 0 Å². The number of carbonyl (C=O) groups is 1. The minimum Gasteiger partial charge on any atom is -0.397 e. The molecular weight excluding hydrogens is 278 g/mol. The van der Waals surface area contributed by atoms with E-state index >= 15 is 0 Å². The van der Waals surface area contributed by atoms with Gasteiger partial charge < -0.3 is 16.8 Å². The second-order valence-electron chi connectivity index (χ2n) is 5.27. The van der Waals surface area contributed by atoms with Gasteiger partial charge in [0, 0.05) is 0 Å². The third-order valence-corrected chi connectivity index (χ3v) is 3.64. The number of carbonyl (C=O) groups excluding carboxylic acids is 1. The number of fused-ring (bicyclic) bond motifs is 1. The van der Waals surface area contributed by atoms with E-state index in [2.05, 4.69) is 28.3 Å². The van der Waals surface area contributed by atoms with E-state index < -0.39 is 5.91 Å². The van der Waals surface area contributed by atoms with E-state index in [1.165, 1.54) is 11.8 Å². The standard InChI is InChI=1S/C16H17N5O/c1-9-3-2-4-12-11(9)5-6-14(20-12)21-13-7-10(17)8-19-15(13)16(18)22/h3,5-8H,2,4,17H2,1H3,(H2,18,22)(H,20,21). The number of allylic oxidation sites excluding steroid dienone is 2. The van der Waals surface area contributed by atoms with Crippen molar-refractivity contribution >= 4 is 28.7 Å². The van der Waals surface area contributed by atoms with Crippen LogP contribution in [0.15, 0.2) is 30.5 Å². The van der Waals surface area contributed by atoms with Gasteiger partial charge in [0.25, 0.3) is 5.91 Å². The van der Waals surface area contributed by atoms with Gasteiger partial charge in [-0.25, -0.2) is 9.97 Å². The summed E-state index contributed by atoms with van der Waals surface area (Å²) in [6.45, 7) is 2.08. The van der Waals surface area contributed by atoms with Crippen molar-refractivity contribution in [2.45, 2.75) is 19.8 Å². The van der Waals surface area contributed by atoms with Gasteiger partial charge in [0.15, 0.2) is 5.69 Å². The Kier molecular flexibility index (Phi) is 3.50. The van der Waals surface area contributed by atoms with Gasteiger partial charge >= 0.3 is 0 Å². The Morgan fingerprint density at radius 2 is 2.18 bits per heavy atom. The third kappa shape index (κ3) is 2.63. The van der Waals surface area contributed by atoms with Crippen molar-refractivity contribution < 1.29 is 4.79 Å². The number of rotatable bonds is 3. The normalized spacial score (nSPS) is 13.2. The van der Waals surface area contributed by atoms with Crippen molar-refractivity contribution in [1.82, 2.24) is 9.97 Å². The second-order valence-corrected chi connectivity index (χ2v) is 5.27. The van der Waals surface area contributed by atoms with Crippen LogP contribution in [-0.4, -0.2) is 15.9 Å². The van der Waals surface area contributed by atoms with E-state index in [1.807, 2.05) is 12.1 Å². The lowest BCUT2D eigenvalue weighted by Gasteiger charge is -2.16. The van der Waals surface area contributed by atoms with Gasteiger partial charge in [-0.2, -0.15) is 0 Å². The number of aryl methyl sites for hydroxylation is 1. The summed E-state index contributed by atoms with van der Waals surface area (Å²) in [6.07, 6.45) is 5.51. The largest absolute Gasteiger partial charge is 0.397 e. The van der Waals surface area contributed by atoms with Gasteiger partial charge in [-0.3, -0.25) is 4.79 Å². The Bertz CT molecular complexity index is 782. The van der Waals surface area contributed by atoms with Crippen molar-refractivity contribution in [2.24, 2.45) is 5.73 Å². The highest BCUT2D eigenvalue weighted by atomic mass is 16.1. The molecule has 3 rings (SSSR count). The number of amides is 1. The maximum Gasteiger partial charge on any atom is 0.269 e. The van der Waals surface area contributed by atoms with Gasteiger partial charge in [-0.05, 0) is 49.1 Å². The molecule has 0 spiro atoms. The molecule has 1 aliphatic carbocycles. The molecule has 2 heterocycles. The molecule has 0 aromatic carbocycles. The van der Waals surface area contributed by atoms with Crippen molar-refractivity contribution in [2.75, 3.05) is 11.1 Å². The lowest BCUT2D eigenvalue weighted by Crippen LogP contribution is -2.16. The predicted octanol–water partition coefficient (Wildman–Crippen LogP) is 2.25. The molecule has 22 heavy (non-hydrogen) atoms. The summed E-state index contributed by atoms with van der Waals surface area (Å²) >= 11 is 0. The summed E-state index contributed by atoms with van der Waals surface area (Å²) in [4.78, 5) is 20.0. The zero-order valence-electron chi connectivity index (χ0n) is 12.3. The van der Waals surface area contributed by atoms with Gasteiger partial charge in [0.1, 0.15) is 5.82 Å². The van der Waals surface area contributed by atoms with Crippen LogP contribution in [0.3, 0.4) is 0 Å². The fraction of sp³-hybridized carbons (Fsp3) is 0.188. The summed E-state index contributed by atoms with van der Waals surface area (Å²) in [5.74, 6) is 0.0302. The zero-order valence-corrected chi connectivity index (χ0v) is 12.3. The van der Waals surface area contributed by atoms with Crippen LogP contribution in [0.1, 0.15) is 35.1 Å². The quantitative estimate of drug-likeness (QED) is 0.805. The van der Waals surface area contributed by atoms with Crippen LogP contribution in [-0.2, 0) is 6.42 Å². The van der Waals surface area contributed by atoms with Crippen LogP contribution in [0, 0.1) is 0 Å². The minimum atomic E-state index is -0.612. The monoisotopic (exact) mass is 295 g/mol. The average molecular weight is 295 g/mol. The van der Waals surface area contributed by atoms with Crippen LogP contribution in [0.4, 0.5) is 17.2 Å². The maximum absolute atomic E-state index is 11.4. The van der Waals surface area contributed by atoms with E-state index in [9.17, 15) is 4.79 Å². The number of anilines is 3. The molecule has 6 nitrogen and oxygen atoms in total. The van der Waals surface area contributed by atoms with Crippen molar-refractivity contribution in [1.29, 1.82) is 0 Å². The molecule has 0 saturated carbocycles. The summed E-state index contributed by atoms with van der Waals surface area (Å²) in [5, 5.41) is 3.09. The summed E-state index contributed by atoms with van der Waals surface area (Å²) in [5.41, 5.74) is 15.6. The van der Waals surface area contributed by atoms with Crippen LogP contribution in [0.2, 0.25) is 0 Å². The van der Waals surface area contributed by atoms with E-state index in [1.54, 1.807) is 6.07 Å². The van der Waals surface area contributed by atoms with Gasteiger partial charge in [0.2, 0.25) is 0 Å². The molecule has 2 aromatic rings. The molecule has 0 saturated heterocycles. The molecule has 0 bridgehead atoms. The minimum absolute atomic E-state index is 0.143. The Morgan fingerprint density at radius 1 is 1.36 bits per heavy atom. The van der Waals surface area contributed by atoms with E-state index in [-0.39, 0.29) is 5.69 Å². The molecule has 2 aromatic heterocycles. The number of primary amides is 1. The number of nitrogens with zero attached hydrogens (tertiary/aromatic N) is 2. The van der Waals surface area contributed by atoms with E-state index in [0.717, 1.165) is 24.1 Å². The van der Waals surface area contributed by atoms with Crippen molar-refractivity contribution in [3.05, 3.63) is 47.4 Å². The summed E-state index contributed by atoms with van der Waals surface area (Å²) in [7, 11) is 0. The Morgan fingerprint density at radius 3 is 2.95 bits per heavy atom. The lowest BCUT2D eigenvalue weighted by atomic mass is 9.96. The molecular formula is C16H17N5O. The smallest absolute Gasteiger partial charge is 0.269 e. The molecule has 5 N–H and O–H groups in total. The van der Waals surface area contributed by atoms with E-state index in [4.69, 9.17) is 11.5 Å². The fourth-order valence-electron chi connectivity index (χ4n) is 2.57. The number of nitrogens with one attached hydrogen (secondary N) is 1. The first kappa shape index (κ1) is 14.1. The molecule has 0 atom stereocenters. The van der Waals surface area contributed by atoms with Crippen molar-refractivity contribution in [3.8, 4) is 0 Å². The maximum atomic E-state index is 11.4. The average Bonchev–Trinajstić information content (AvgIpc) is 2.47. The SMILES string of the molecule is CC1=CCCc2nc(Nc3cc(N)cnc3C(N)=O)ccc21. The Balaban J connectivity index is 1.96. The summed E-state index contributed by atoms with van der Waals surface area (Å²) in [6, 6.07) is 5.52. The number of aromatic nitrogens is 2. The van der Waals surface area contributed by atoms with Gasteiger partial charge in [-0.15, -0.1) is 0 Å². The highest BCUT2D eigenvalue weighted by molar-refractivity contribution is 5.97. The third-order valence-electron chi connectivity index (χ3n) is 3.64. The molecule has 0 fully saturated rings. The van der Waals surface area contributed by atoms with Crippen LogP contribution < -0.4 is 16.8 Å². The summed E-state index contributed by atoms with van der Waals surface area (Å²) < 4.78 is 0. The molecule has 0 unspecified atom stereocenters. The highest BCUT2D eigenvalue weighted by Crippen LogP contribution is 2.27. The molecule has 1 aliphatic rings. The van der Waals surface area contributed by atoms with Crippen molar-refractivity contribution in [3.63, 3.8) is 0 Å². The van der Waals surface area contributed by atoms with Gasteiger partial charge in [0.05, 0.1) is 23.3 Å². The fourth-order valence-corrected chi connectivity index (χ4v) is 2.57. The first-order valence-electron chi connectivity index (χ1n) is 7.04. The topological polar surface area (TPSA) is 107 Å². The second kappa shape index (κ2) is 5.48. The van der Waals surface area contributed by atoms with E-state index in [0.29, 0.717) is 17.2 Å². The molecule has 1 amide bonds. The van der Waals surface area contributed by atoms with Crippen LogP contribution >= 0.6 is 0 Å². The number of hydrogen-bond donors (Lipinski definition) is 3. The molecule has 112 valence electrons. The molecule has 0 radical (unpaired) electrons. The highest BCUT2D eigenvalue weighted by Gasteiger charge is 2.14. The lowest BCUT2D eigenvalue weighted by molar-refractivity contribution is 0.0996. The Labute approximate surface area is 128 Å². The first-order chi connectivity index (χ1) is 10.5.